The predicted octanol–water partition coefficient (Wildman–Crippen LogP) is 17.8. The molecular weight excluding hydrogens is 819 g/mol. The maximum absolute atomic E-state index is 2.59. The van der Waals surface area contributed by atoms with Crippen molar-refractivity contribution in [2.75, 3.05) is 4.90 Å². The average Bonchev–Trinajstić information content (AvgIpc) is 3.95. The first-order valence-corrected chi connectivity index (χ1v) is 24.0. The van der Waals surface area contributed by atoms with Crippen LogP contribution in [0.1, 0.15) is 52.8 Å². The van der Waals surface area contributed by atoms with Gasteiger partial charge in [-0.25, -0.2) is 0 Å². The number of fused-ring (bicyclic) bond motifs is 16. The van der Waals surface area contributed by atoms with E-state index in [1.165, 1.54) is 122 Å². The fourth-order valence-electron chi connectivity index (χ4n) is 12.8. The number of anilines is 3. The number of hydrogen-bond donors (Lipinski definition) is 0. The topological polar surface area (TPSA) is 3.24 Å². The Kier molecular flexibility index (Phi) is 8.23. The number of nitrogens with zero attached hydrogens (tertiary/aromatic N) is 1. The van der Waals surface area contributed by atoms with Crippen molar-refractivity contribution < 1.29 is 0 Å². The molecule has 3 aliphatic rings. The SMILES string of the molecule is Cc1cc(-c2cc3ccccc3c3ccccc23)cc(-c2ccccc2)c1N(c1ccc2c(c1)C(C)(C)c1ccccc1-2)c1ccc2c(c1)C1(c3ccccc3-c3ccccc31)c1ccccc1-2. The van der Waals surface area contributed by atoms with E-state index in [1.807, 2.05) is 0 Å². The normalized spacial score (nSPS) is 14.0. The minimum Gasteiger partial charge on any atom is -0.310 e. The van der Waals surface area contributed by atoms with E-state index < -0.39 is 5.41 Å². The molecule has 1 heteroatoms. The molecule has 0 saturated carbocycles. The summed E-state index contributed by atoms with van der Waals surface area (Å²) in [5.41, 5.74) is 24.8. The molecule has 0 unspecified atom stereocenters. The van der Waals surface area contributed by atoms with Gasteiger partial charge in [-0.2, -0.15) is 0 Å². The van der Waals surface area contributed by atoms with Crippen molar-refractivity contribution in [3.05, 3.63) is 269 Å². The van der Waals surface area contributed by atoms with Gasteiger partial charge in [0.25, 0.3) is 0 Å². The number of benzene rings is 11. The Morgan fingerprint density at radius 1 is 0.309 bits per heavy atom. The average molecular weight is 866 g/mol. The standard InChI is InChI=1S/C67H47N/c1-42-37-45(57-38-44-21-7-8-22-48(44)49-23-9-10-24-50(49)57)39-58(43-19-5-4-6-20-43)65(42)68(46-33-35-55-51-25-11-15-29-59(51)66(2,3)63(55)40-46)47-34-36-56-54-28-14-18-32-62(54)67(64(56)41-47)60-30-16-12-26-52(60)53-27-13-17-31-61(53)67/h4-41H,1-3H3. The third-order valence-corrected chi connectivity index (χ3v) is 15.8. The first-order chi connectivity index (χ1) is 33.4. The molecule has 0 heterocycles. The van der Waals surface area contributed by atoms with E-state index in [-0.39, 0.29) is 5.41 Å². The van der Waals surface area contributed by atoms with Crippen LogP contribution < -0.4 is 4.90 Å². The van der Waals surface area contributed by atoms with Gasteiger partial charge < -0.3 is 4.90 Å². The summed E-state index contributed by atoms with van der Waals surface area (Å²) in [4.78, 5) is 2.59. The van der Waals surface area contributed by atoms with E-state index >= 15 is 0 Å². The third kappa shape index (κ3) is 5.27. The van der Waals surface area contributed by atoms with Gasteiger partial charge in [0.05, 0.1) is 11.1 Å². The quantitative estimate of drug-likeness (QED) is 0.156. The molecule has 14 rings (SSSR count). The van der Waals surface area contributed by atoms with Crippen molar-refractivity contribution in [3.8, 4) is 55.6 Å². The van der Waals surface area contributed by atoms with E-state index in [4.69, 9.17) is 0 Å². The molecule has 0 N–H and O–H groups in total. The van der Waals surface area contributed by atoms with Crippen LogP contribution >= 0.6 is 0 Å². The van der Waals surface area contributed by atoms with Crippen LogP contribution in [0.2, 0.25) is 0 Å². The van der Waals surface area contributed by atoms with Crippen molar-refractivity contribution in [1.82, 2.24) is 0 Å². The van der Waals surface area contributed by atoms with Crippen molar-refractivity contribution in [2.24, 2.45) is 0 Å². The van der Waals surface area contributed by atoms with Gasteiger partial charge in [0.15, 0.2) is 0 Å². The molecule has 11 aromatic rings. The lowest BCUT2D eigenvalue weighted by Gasteiger charge is -2.34. The number of rotatable bonds is 5. The summed E-state index contributed by atoms with van der Waals surface area (Å²) in [5, 5.41) is 5.06. The molecule has 320 valence electrons. The summed E-state index contributed by atoms with van der Waals surface area (Å²) >= 11 is 0. The molecule has 0 radical (unpaired) electrons. The van der Waals surface area contributed by atoms with E-state index in [2.05, 4.69) is 256 Å². The van der Waals surface area contributed by atoms with Crippen molar-refractivity contribution >= 4 is 38.6 Å². The Balaban J connectivity index is 1.07. The van der Waals surface area contributed by atoms with E-state index in [9.17, 15) is 0 Å². The van der Waals surface area contributed by atoms with Crippen LogP contribution in [0.5, 0.6) is 0 Å². The largest absolute Gasteiger partial charge is 0.310 e. The van der Waals surface area contributed by atoms with Crippen LogP contribution in [0.15, 0.2) is 231 Å². The molecule has 68 heavy (non-hydrogen) atoms. The Bertz CT molecular complexity index is 3840. The van der Waals surface area contributed by atoms with E-state index in [1.54, 1.807) is 0 Å². The predicted molar refractivity (Wildman–Crippen MR) is 286 cm³/mol. The summed E-state index contributed by atoms with van der Waals surface area (Å²) in [6.45, 7) is 7.10. The Morgan fingerprint density at radius 2 is 0.779 bits per heavy atom. The first kappa shape index (κ1) is 39.0. The molecule has 0 aromatic heterocycles. The lowest BCUT2D eigenvalue weighted by Crippen LogP contribution is -2.26. The van der Waals surface area contributed by atoms with Gasteiger partial charge in [-0.3, -0.25) is 0 Å². The first-order valence-electron chi connectivity index (χ1n) is 24.0. The van der Waals surface area contributed by atoms with Gasteiger partial charge in [0, 0.05) is 22.4 Å². The maximum Gasteiger partial charge on any atom is 0.0726 e. The molecule has 1 spiro atoms. The fraction of sp³-hybridized carbons (Fsp3) is 0.0746. The maximum atomic E-state index is 2.59. The molecular formula is C67H47N. The molecule has 0 amide bonds. The van der Waals surface area contributed by atoms with Crippen molar-refractivity contribution in [1.29, 1.82) is 0 Å². The lowest BCUT2D eigenvalue weighted by atomic mass is 9.70. The minimum absolute atomic E-state index is 0.174. The molecule has 11 aromatic carbocycles. The van der Waals surface area contributed by atoms with Crippen molar-refractivity contribution in [3.63, 3.8) is 0 Å². The van der Waals surface area contributed by atoms with Gasteiger partial charge in [-0.15, -0.1) is 0 Å². The highest BCUT2D eigenvalue weighted by molar-refractivity contribution is 6.14. The van der Waals surface area contributed by atoms with E-state index in [0.717, 1.165) is 11.4 Å². The molecule has 0 saturated heterocycles. The Labute approximate surface area is 398 Å². The second-order valence-electron chi connectivity index (χ2n) is 19.6. The summed E-state index contributed by atoms with van der Waals surface area (Å²) in [6, 6.07) is 87.0. The molecule has 0 aliphatic heterocycles. The highest BCUT2D eigenvalue weighted by Gasteiger charge is 2.51. The fourth-order valence-corrected chi connectivity index (χ4v) is 12.8. The lowest BCUT2D eigenvalue weighted by molar-refractivity contribution is 0.660. The van der Waals surface area contributed by atoms with Crippen LogP contribution in [-0.4, -0.2) is 0 Å². The van der Waals surface area contributed by atoms with Gasteiger partial charge >= 0.3 is 0 Å². The smallest absolute Gasteiger partial charge is 0.0726 e. The van der Waals surface area contributed by atoms with Gasteiger partial charge in [-0.1, -0.05) is 202 Å². The Morgan fingerprint density at radius 3 is 1.41 bits per heavy atom. The highest BCUT2D eigenvalue weighted by Crippen LogP contribution is 2.64. The number of hydrogen-bond acceptors (Lipinski definition) is 1. The third-order valence-electron chi connectivity index (χ3n) is 15.8. The zero-order valence-corrected chi connectivity index (χ0v) is 38.4. The molecule has 1 nitrogen and oxygen atoms in total. The summed E-state index contributed by atoms with van der Waals surface area (Å²) in [5.74, 6) is 0. The second-order valence-corrected chi connectivity index (χ2v) is 19.6. The second kappa shape index (κ2) is 14.4. The molecule has 0 bridgehead atoms. The van der Waals surface area contributed by atoms with Crippen LogP contribution in [-0.2, 0) is 10.8 Å². The summed E-state index contributed by atoms with van der Waals surface area (Å²) < 4.78 is 0. The van der Waals surface area contributed by atoms with Crippen LogP contribution in [0, 0.1) is 6.92 Å². The van der Waals surface area contributed by atoms with Crippen LogP contribution in [0.4, 0.5) is 17.1 Å². The Hall–Kier alpha value is -8.26. The highest BCUT2D eigenvalue weighted by atomic mass is 15.1. The van der Waals surface area contributed by atoms with Gasteiger partial charge in [-0.05, 0) is 160 Å². The zero-order valence-electron chi connectivity index (χ0n) is 38.4. The van der Waals surface area contributed by atoms with Gasteiger partial charge in [0.1, 0.15) is 0 Å². The minimum atomic E-state index is -0.472. The molecule has 0 atom stereocenters. The van der Waals surface area contributed by atoms with E-state index in [0.29, 0.717) is 0 Å². The summed E-state index contributed by atoms with van der Waals surface area (Å²) in [7, 11) is 0. The van der Waals surface area contributed by atoms with Gasteiger partial charge in [0.2, 0.25) is 0 Å². The molecule has 3 aliphatic carbocycles. The van der Waals surface area contributed by atoms with Crippen LogP contribution in [0.25, 0.3) is 77.2 Å². The number of aryl methyl sites for hydroxylation is 1. The summed E-state index contributed by atoms with van der Waals surface area (Å²) in [6.07, 6.45) is 0. The zero-order chi connectivity index (χ0) is 45.3. The van der Waals surface area contributed by atoms with Crippen molar-refractivity contribution in [2.45, 2.75) is 31.6 Å². The monoisotopic (exact) mass is 865 g/mol. The molecule has 0 fully saturated rings. The van der Waals surface area contributed by atoms with Crippen LogP contribution in [0.3, 0.4) is 0 Å².